The van der Waals surface area contributed by atoms with Gasteiger partial charge >= 0.3 is 0 Å². The first-order valence-electron chi connectivity index (χ1n) is 10.4. The van der Waals surface area contributed by atoms with Crippen LogP contribution in [0, 0.1) is 0 Å². The maximum atomic E-state index is 10.2. The summed E-state index contributed by atoms with van der Waals surface area (Å²) in [5, 5.41) is 26.0. The van der Waals surface area contributed by atoms with Crippen LogP contribution < -0.4 is 5.73 Å². The predicted molar refractivity (Wildman–Crippen MR) is 110 cm³/mol. The minimum absolute atomic E-state index is 0.319. The maximum absolute atomic E-state index is 10.2. The number of nitrogens with two attached hydrogens (primary N) is 1. The van der Waals surface area contributed by atoms with Gasteiger partial charge in [0.2, 0.25) is 0 Å². The van der Waals surface area contributed by atoms with E-state index in [0.29, 0.717) is 6.42 Å². The van der Waals surface area contributed by atoms with E-state index in [1.54, 1.807) is 0 Å². The second-order valence-corrected chi connectivity index (χ2v) is 7.24. The standard InChI is InChI=1S/C18H37N7O3/c1-2-3-4-5-6-7-8-9-10-11-12-13-16(22-24-20)17(23-25-21)18(26)15(19)14-28-27/h15-18,26-27H,2-14,19H2,1H3. The summed E-state index contributed by atoms with van der Waals surface area (Å²) >= 11 is 0. The Morgan fingerprint density at radius 2 is 1.39 bits per heavy atom. The molecule has 0 aliphatic rings. The molecule has 162 valence electrons. The van der Waals surface area contributed by atoms with Gasteiger partial charge in [0, 0.05) is 15.9 Å². The molecule has 10 heteroatoms. The van der Waals surface area contributed by atoms with Crippen molar-refractivity contribution in [1.29, 1.82) is 0 Å². The van der Waals surface area contributed by atoms with Gasteiger partial charge in [0.15, 0.2) is 0 Å². The monoisotopic (exact) mass is 399 g/mol. The molecule has 0 aliphatic heterocycles. The largest absolute Gasteiger partial charge is 0.391 e. The Balaban J connectivity index is 4.24. The maximum Gasteiger partial charge on any atom is 0.0996 e. The van der Waals surface area contributed by atoms with Crippen molar-refractivity contribution in [3.05, 3.63) is 20.9 Å². The smallest absolute Gasteiger partial charge is 0.0996 e. The van der Waals surface area contributed by atoms with E-state index in [1.165, 1.54) is 51.4 Å². The highest BCUT2D eigenvalue weighted by atomic mass is 17.1. The fraction of sp³-hybridized carbons (Fsp3) is 1.00. The lowest BCUT2D eigenvalue weighted by Gasteiger charge is -2.27. The van der Waals surface area contributed by atoms with Crippen LogP contribution >= 0.6 is 0 Å². The molecule has 28 heavy (non-hydrogen) atoms. The number of nitrogens with zero attached hydrogens (tertiary/aromatic N) is 6. The van der Waals surface area contributed by atoms with Crippen LogP contribution in [0.3, 0.4) is 0 Å². The summed E-state index contributed by atoms with van der Waals surface area (Å²) in [5.74, 6) is 0. The SMILES string of the molecule is CCCCCCCCCCCCCC(N=[N+]=[N-])C(N=[N+]=[N-])C(O)C(N)COO. The Hall–Kier alpha value is -1.54. The highest BCUT2D eigenvalue weighted by Crippen LogP contribution is 2.19. The van der Waals surface area contributed by atoms with E-state index in [1.807, 2.05) is 0 Å². The van der Waals surface area contributed by atoms with Gasteiger partial charge in [-0.1, -0.05) is 87.8 Å². The molecule has 0 aromatic carbocycles. The number of hydrogen-bond acceptors (Lipinski definition) is 6. The summed E-state index contributed by atoms with van der Waals surface area (Å²) in [6.45, 7) is 1.90. The van der Waals surface area contributed by atoms with Gasteiger partial charge in [0.05, 0.1) is 24.8 Å². The molecule has 0 fully saturated rings. The Morgan fingerprint density at radius 3 is 1.86 bits per heavy atom. The Labute approximate surface area is 167 Å². The minimum atomic E-state index is -1.29. The van der Waals surface area contributed by atoms with Gasteiger partial charge in [-0.05, 0) is 17.5 Å². The number of aliphatic hydroxyl groups is 1. The van der Waals surface area contributed by atoms with Crippen LogP contribution in [0.2, 0.25) is 0 Å². The van der Waals surface area contributed by atoms with E-state index in [0.717, 1.165) is 19.3 Å². The number of hydrogen-bond donors (Lipinski definition) is 3. The Bertz CT molecular complexity index is 468. The fourth-order valence-electron chi connectivity index (χ4n) is 3.25. The molecule has 0 heterocycles. The summed E-state index contributed by atoms with van der Waals surface area (Å²) in [7, 11) is 0. The van der Waals surface area contributed by atoms with Crippen molar-refractivity contribution in [2.75, 3.05) is 6.61 Å². The third-order valence-electron chi connectivity index (χ3n) is 4.94. The molecule has 0 amide bonds. The van der Waals surface area contributed by atoms with Crippen molar-refractivity contribution < 1.29 is 15.3 Å². The normalized spacial score (nSPS) is 15.1. The van der Waals surface area contributed by atoms with E-state index < -0.39 is 24.2 Å². The molecule has 0 radical (unpaired) electrons. The van der Waals surface area contributed by atoms with Gasteiger partial charge in [-0.3, -0.25) is 5.26 Å². The molecule has 0 spiro atoms. The van der Waals surface area contributed by atoms with Crippen LogP contribution in [0.15, 0.2) is 10.2 Å². The molecule has 0 aromatic rings. The van der Waals surface area contributed by atoms with Crippen molar-refractivity contribution in [3.63, 3.8) is 0 Å². The molecule has 4 atom stereocenters. The molecule has 10 nitrogen and oxygen atoms in total. The summed E-state index contributed by atoms with van der Waals surface area (Å²) in [6, 6.07) is -2.66. The van der Waals surface area contributed by atoms with E-state index in [2.05, 4.69) is 31.9 Å². The number of aliphatic hydroxyl groups excluding tert-OH is 1. The highest BCUT2D eigenvalue weighted by Gasteiger charge is 2.31. The summed E-state index contributed by atoms with van der Waals surface area (Å²) < 4.78 is 0. The van der Waals surface area contributed by atoms with Gasteiger partial charge < -0.3 is 10.8 Å². The molecule has 0 aliphatic carbocycles. The van der Waals surface area contributed by atoms with E-state index in [-0.39, 0.29) is 6.61 Å². The quantitative estimate of drug-likeness (QED) is 0.0674. The number of rotatable bonds is 19. The predicted octanol–water partition coefficient (Wildman–Crippen LogP) is 5.22. The van der Waals surface area contributed by atoms with Gasteiger partial charge in [0.1, 0.15) is 0 Å². The first-order valence-corrected chi connectivity index (χ1v) is 10.4. The zero-order valence-electron chi connectivity index (χ0n) is 17.1. The van der Waals surface area contributed by atoms with Crippen molar-refractivity contribution in [2.45, 2.75) is 108 Å². The van der Waals surface area contributed by atoms with Crippen molar-refractivity contribution in [1.82, 2.24) is 0 Å². The lowest BCUT2D eigenvalue weighted by Crippen LogP contribution is -2.48. The van der Waals surface area contributed by atoms with Gasteiger partial charge in [-0.15, -0.1) is 0 Å². The lowest BCUT2D eigenvalue weighted by atomic mass is 9.94. The van der Waals surface area contributed by atoms with Crippen LogP contribution in [0.4, 0.5) is 0 Å². The second kappa shape index (κ2) is 18.8. The average Bonchev–Trinajstić information content (AvgIpc) is 2.69. The molecule has 0 saturated carbocycles. The molecule has 4 unspecified atom stereocenters. The van der Waals surface area contributed by atoms with E-state index in [4.69, 9.17) is 22.1 Å². The molecule has 0 bridgehead atoms. The Morgan fingerprint density at radius 1 is 0.893 bits per heavy atom. The van der Waals surface area contributed by atoms with E-state index >= 15 is 0 Å². The molecular weight excluding hydrogens is 362 g/mol. The first kappa shape index (κ1) is 26.5. The molecular formula is C18H37N7O3. The Kier molecular flexibility index (Phi) is 17.8. The van der Waals surface area contributed by atoms with Crippen LogP contribution in [0.1, 0.15) is 84.0 Å². The minimum Gasteiger partial charge on any atom is -0.391 e. The van der Waals surface area contributed by atoms with Gasteiger partial charge in [0.25, 0.3) is 0 Å². The zero-order chi connectivity index (χ0) is 21.0. The molecule has 0 aromatic heterocycles. The van der Waals surface area contributed by atoms with Crippen molar-refractivity contribution >= 4 is 0 Å². The topological polar surface area (TPSA) is 173 Å². The number of unbranched alkanes of at least 4 members (excludes halogenated alkanes) is 10. The van der Waals surface area contributed by atoms with Crippen LogP contribution in [-0.4, -0.2) is 41.2 Å². The summed E-state index contributed by atoms with van der Waals surface area (Å²) in [6.07, 6.45) is 12.4. The summed E-state index contributed by atoms with van der Waals surface area (Å²) in [5.41, 5.74) is 23.3. The first-order chi connectivity index (χ1) is 13.6. The second-order valence-electron chi connectivity index (χ2n) is 7.24. The van der Waals surface area contributed by atoms with Crippen molar-refractivity contribution in [2.24, 2.45) is 16.0 Å². The third kappa shape index (κ3) is 12.8. The zero-order valence-corrected chi connectivity index (χ0v) is 17.1. The summed E-state index contributed by atoms with van der Waals surface area (Å²) in [4.78, 5) is 9.48. The van der Waals surface area contributed by atoms with Crippen LogP contribution in [0.25, 0.3) is 20.9 Å². The van der Waals surface area contributed by atoms with Crippen LogP contribution in [-0.2, 0) is 4.89 Å². The molecule has 0 rings (SSSR count). The highest BCUT2D eigenvalue weighted by molar-refractivity contribution is 4.93. The van der Waals surface area contributed by atoms with Crippen molar-refractivity contribution in [3.8, 4) is 0 Å². The molecule has 0 saturated heterocycles. The molecule has 4 N–H and O–H groups in total. The number of azide groups is 2. The fourth-order valence-corrected chi connectivity index (χ4v) is 3.25. The lowest BCUT2D eigenvalue weighted by molar-refractivity contribution is -0.249. The van der Waals surface area contributed by atoms with Gasteiger partial charge in [-0.25, -0.2) is 4.89 Å². The van der Waals surface area contributed by atoms with Gasteiger partial charge in [-0.2, -0.15) is 0 Å². The van der Waals surface area contributed by atoms with Crippen LogP contribution in [0.5, 0.6) is 0 Å². The average molecular weight is 400 g/mol. The van der Waals surface area contributed by atoms with E-state index in [9.17, 15) is 5.11 Å². The third-order valence-corrected chi connectivity index (χ3v) is 4.94.